The van der Waals surface area contributed by atoms with Gasteiger partial charge in [0.05, 0.1) is 24.5 Å². The number of fused-ring (bicyclic) bond motifs is 2. The van der Waals surface area contributed by atoms with Crippen molar-refractivity contribution in [2.45, 2.75) is 50.6 Å². The zero-order valence-corrected chi connectivity index (χ0v) is 13.2. The number of rotatable bonds is 1. The van der Waals surface area contributed by atoms with Crippen molar-refractivity contribution in [1.82, 2.24) is 0 Å². The minimum absolute atomic E-state index is 0.445. The molecular formula is C19H27N2+. The van der Waals surface area contributed by atoms with Gasteiger partial charge in [0, 0.05) is 30.5 Å². The van der Waals surface area contributed by atoms with Gasteiger partial charge in [0.25, 0.3) is 0 Å². The van der Waals surface area contributed by atoms with Crippen LogP contribution in [-0.2, 0) is 5.41 Å². The number of hydrogen-bond acceptors (Lipinski definition) is 1. The molecule has 2 bridgehead atoms. The zero-order chi connectivity index (χ0) is 14.2. The van der Waals surface area contributed by atoms with Gasteiger partial charge in [0.15, 0.2) is 0 Å². The largest absolute Gasteiger partial charge is 0.381 e. The molecule has 1 unspecified atom stereocenters. The van der Waals surface area contributed by atoms with Gasteiger partial charge < -0.3 is 10.2 Å². The molecule has 3 heterocycles. The molecule has 1 aromatic carbocycles. The van der Waals surface area contributed by atoms with Gasteiger partial charge >= 0.3 is 0 Å². The second kappa shape index (κ2) is 4.04. The van der Waals surface area contributed by atoms with E-state index in [1.807, 2.05) is 4.90 Å². The van der Waals surface area contributed by atoms with Crippen LogP contribution in [0.1, 0.15) is 38.7 Å². The van der Waals surface area contributed by atoms with Crippen molar-refractivity contribution in [2.24, 2.45) is 17.8 Å². The van der Waals surface area contributed by atoms with Gasteiger partial charge in [-0.05, 0) is 29.9 Å². The summed E-state index contributed by atoms with van der Waals surface area (Å²) in [6.07, 6.45) is 4.24. The van der Waals surface area contributed by atoms with Crippen molar-refractivity contribution >= 4 is 5.69 Å². The summed E-state index contributed by atoms with van der Waals surface area (Å²) in [6.45, 7) is 7.78. The van der Waals surface area contributed by atoms with E-state index in [0.29, 0.717) is 11.5 Å². The van der Waals surface area contributed by atoms with Gasteiger partial charge in [-0.1, -0.05) is 32.0 Å². The number of nitrogens with one attached hydrogen (secondary N) is 2. The summed E-state index contributed by atoms with van der Waals surface area (Å²) < 4.78 is 0. The van der Waals surface area contributed by atoms with E-state index in [2.05, 4.69) is 43.4 Å². The maximum absolute atomic E-state index is 3.96. The van der Waals surface area contributed by atoms with Crippen molar-refractivity contribution in [2.75, 3.05) is 18.4 Å². The predicted molar refractivity (Wildman–Crippen MR) is 85.7 cm³/mol. The van der Waals surface area contributed by atoms with Crippen LogP contribution in [0.3, 0.4) is 0 Å². The maximum Gasteiger partial charge on any atom is 0.0998 e. The summed E-state index contributed by atoms with van der Waals surface area (Å²) in [5, 5.41) is 3.96. The Labute approximate surface area is 127 Å². The van der Waals surface area contributed by atoms with E-state index in [4.69, 9.17) is 0 Å². The molecule has 1 spiro atoms. The summed E-state index contributed by atoms with van der Waals surface area (Å²) in [4.78, 5) is 1.92. The number of quaternary nitrogens is 1. The Morgan fingerprint density at radius 2 is 2.19 bits per heavy atom. The molecule has 2 nitrogen and oxygen atoms in total. The molecule has 0 radical (unpaired) electrons. The Kier molecular flexibility index (Phi) is 2.41. The first-order chi connectivity index (χ1) is 10.3. The predicted octanol–water partition coefficient (Wildman–Crippen LogP) is 2.07. The molecule has 4 aliphatic rings. The van der Waals surface area contributed by atoms with Crippen molar-refractivity contribution in [3.05, 3.63) is 29.8 Å². The molecule has 1 aromatic rings. The Morgan fingerprint density at radius 3 is 3.05 bits per heavy atom. The van der Waals surface area contributed by atoms with Gasteiger partial charge in [0.1, 0.15) is 0 Å². The van der Waals surface area contributed by atoms with E-state index in [0.717, 1.165) is 23.8 Å². The summed E-state index contributed by atoms with van der Waals surface area (Å²) >= 11 is 0. The van der Waals surface area contributed by atoms with Gasteiger partial charge in [-0.2, -0.15) is 0 Å². The fourth-order valence-electron chi connectivity index (χ4n) is 6.77. The molecule has 21 heavy (non-hydrogen) atoms. The lowest BCUT2D eigenvalue weighted by Crippen LogP contribution is -3.17. The first kappa shape index (κ1) is 12.5. The van der Waals surface area contributed by atoms with Gasteiger partial charge in [0.2, 0.25) is 0 Å². The van der Waals surface area contributed by atoms with Crippen LogP contribution in [0.4, 0.5) is 5.69 Å². The van der Waals surface area contributed by atoms with Crippen LogP contribution in [0.5, 0.6) is 0 Å². The highest BCUT2D eigenvalue weighted by atomic mass is 15.2. The third kappa shape index (κ3) is 1.34. The monoisotopic (exact) mass is 283 g/mol. The van der Waals surface area contributed by atoms with Crippen LogP contribution in [0.15, 0.2) is 24.3 Å². The van der Waals surface area contributed by atoms with Crippen molar-refractivity contribution in [1.29, 1.82) is 0 Å². The Hall–Kier alpha value is -1.02. The van der Waals surface area contributed by atoms with Gasteiger partial charge in [-0.15, -0.1) is 0 Å². The fraction of sp³-hybridized carbons (Fsp3) is 0.684. The van der Waals surface area contributed by atoms with E-state index in [1.54, 1.807) is 5.56 Å². The van der Waals surface area contributed by atoms with E-state index >= 15 is 0 Å². The zero-order valence-electron chi connectivity index (χ0n) is 13.2. The van der Waals surface area contributed by atoms with E-state index in [1.165, 1.54) is 38.0 Å². The molecule has 3 fully saturated rings. The maximum atomic E-state index is 3.96. The van der Waals surface area contributed by atoms with Crippen LogP contribution < -0.4 is 10.2 Å². The van der Waals surface area contributed by atoms with Crippen LogP contribution in [0, 0.1) is 17.8 Å². The molecule has 5 rings (SSSR count). The van der Waals surface area contributed by atoms with Gasteiger partial charge in [-0.3, -0.25) is 0 Å². The number of piperidine rings is 1. The third-order valence-corrected chi connectivity index (χ3v) is 7.63. The highest BCUT2D eigenvalue weighted by Crippen LogP contribution is 2.57. The average molecular weight is 283 g/mol. The lowest BCUT2D eigenvalue weighted by atomic mass is 9.55. The van der Waals surface area contributed by atoms with Crippen LogP contribution in [0.25, 0.3) is 0 Å². The van der Waals surface area contributed by atoms with Crippen LogP contribution >= 0.6 is 0 Å². The molecule has 1 saturated carbocycles. The minimum Gasteiger partial charge on any atom is -0.381 e. The molecule has 1 aliphatic carbocycles. The Morgan fingerprint density at radius 1 is 1.33 bits per heavy atom. The van der Waals surface area contributed by atoms with Crippen molar-refractivity contribution in [3.63, 3.8) is 0 Å². The van der Waals surface area contributed by atoms with Gasteiger partial charge in [-0.25, -0.2) is 0 Å². The third-order valence-electron chi connectivity index (χ3n) is 7.63. The van der Waals surface area contributed by atoms with Crippen molar-refractivity contribution in [3.8, 4) is 0 Å². The first-order valence-electron chi connectivity index (χ1n) is 8.96. The highest BCUT2D eigenvalue weighted by molar-refractivity contribution is 5.64. The number of benzene rings is 1. The molecule has 0 amide bonds. The molecule has 112 valence electrons. The molecule has 0 aromatic heterocycles. The summed E-state index contributed by atoms with van der Waals surface area (Å²) in [7, 11) is 0. The molecule has 2 N–H and O–H groups in total. The topological polar surface area (TPSA) is 16.5 Å². The fourth-order valence-corrected chi connectivity index (χ4v) is 6.77. The average Bonchev–Trinajstić information content (AvgIpc) is 3.07. The summed E-state index contributed by atoms with van der Waals surface area (Å²) in [5.41, 5.74) is 3.53. The Balaban J connectivity index is 1.68. The lowest BCUT2D eigenvalue weighted by Gasteiger charge is -2.53. The summed E-state index contributed by atoms with van der Waals surface area (Å²) in [5.74, 6) is 2.72. The van der Waals surface area contributed by atoms with E-state index < -0.39 is 0 Å². The standard InChI is InChI=1S/C19H26N2/c1-3-13-11-21-9-8-19-15-6-4-5-7-16(15)20-18(19)12(2)14(13)10-17(19)21/h4-7,12-14,17-18,20H,3,8-11H2,1-2H3/p+1/t12-,13+,14+,17-,18-,19+/m0/s1. The van der Waals surface area contributed by atoms with Crippen molar-refractivity contribution < 1.29 is 4.90 Å². The smallest absolute Gasteiger partial charge is 0.0998 e. The van der Waals surface area contributed by atoms with Crippen LogP contribution in [-0.4, -0.2) is 25.2 Å². The SMILES string of the molecule is CC[C@@H]1C[NH+]2CC[C@]34c5ccccc5N[C@H]3[C@@H](C)[C@H]1C[C@H]24. The van der Waals surface area contributed by atoms with E-state index in [9.17, 15) is 0 Å². The second-order valence-electron chi connectivity index (χ2n) is 8.05. The minimum atomic E-state index is 0.445. The summed E-state index contributed by atoms with van der Waals surface area (Å²) in [6, 6.07) is 10.8. The normalized spacial score (nSPS) is 49.4. The quantitative estimate of drug-likeness (QED) is 0.806. The highest BCUT2D eigenvalue weighted by Gasteiger charge is 2.67. The van der Waals surface area contributed by atoms with E-state index in [-0.39, 0.29) is 0 Å². The number of anilines is 1. The molecule has 7 atom stereocenters. The second-order valence-corrected chi connectivity index (χ2v) is 8.05. The van der Waals surface area contributed by atoms with Crippen LogP contribution in [0.2, 0.25) is 0 Å². The molecule has 3 aliphatic heterocycles. The first-order valence-corrected chi connectivity index (χ1v) is 8.96. The molecule has 2 heteroatoms. The molecule has 2 saturated heterocycles. The lowest BCUT2D eigenvalue weighted by molar-refractivity contribution is -0.927. The Bertz CT molecular complexity index is 583. The number of para-hydroxylation sites is 1. The molecular weight excluding hydrogens is 256 g/mol. The number of hydrogen-bond donors (Lipinski definition) is 2.